The van der Waals surface area contributed by atoms with Crippen LogP contribution in [0.25, 0.3) is 0 Å². The van der Waals surface area contributed by atoms with Gasteiger partial charge in [-0.25, -0.2) is 9.56 Å². The van der Waals surface area contributed by atoms with Crippen LogP contribution in [0.5, 0.6) is 5.88 Å². The molecule has 0 amide bonds. The SMILES string of the molecule is CCC(=O)Oc1csc(=Nc2cc(C(F)(F)F)ccc2Cl)n1C(=O)CC. The van der Waals surface area contributed by atoms with Crippen molar-refractivity contribution in [2.24, 2.45) is 4.99 Å². The Morgan fingerprint density at radius 2 is 1.96 bits per heavy atom. The van der Waals surface area contributed by atoms with E-state index in [1.807, 2.05) is 0 Å². The number of halogens is 4. The summed E-state index contributed by atoms with van der Waals surface area (Å²) in [5.41, 5.74) is -1.06. The van der Waals surface area contributed by atoms with Crippen LogP contribution in [0, 0.1) is 0 Å². The van der Waals surface area contributed by atoms with Gasteiger partial charge in [-0.2, -0.15) is 13.2 Å². The van der Waals surface area contributed by atoms with E-state index in [1.54, 1.807) is 13.8 Å². The predicted molar refractivity (Wildman–Crippen MR) is 90.8 cm³/mol. The zero-order valence-corrected chi connectivity index (χ0v) is 15.3. The maximum atomic E-state index is 12.9. The minimum absolute atomic E-state index is 0.00556. The standard InChI is InChI=1S/C16H14ClF3N2O3S/c1-3-12(23)22-13(25-14(24)4-2)8-26-15(22)21-11-7-9(16(18,19)20)5-6-10(11)17/h5-8H,3-4H2,1-2H3. The van der Waals surface area contributed by atoms with Crippen molar-refractivity contribution in [2.75, 3.05) is 0 Å². The first kappa shape index (κ1) is 20.2. The number of benzene rings is 1. The number of aromatic nitrogens is 1. The fourth-order valence-corrected chi connectivity index (χ4v) is 2.87. The van der Waals surface area contributed by atoms with Crippen LogP contribution in [0.4, 0.5) is 18.9 Å². The molecule has 140 valence electrons. The van der Waals surface area contributed by atoms with Crippen LogP contribution < -0.4 is 9.54 Å². The minimum Gasteiger partial charge on any atom is -0.408 e. The Hall–Kier alpha value is -2.13. The van der Waals surface area contributed by atoms with Crippen molar-refractivity contribution in [3.05, 3.63) is 39.0 Å². The molecule has 0 radical (unpaired) electrons. The van der Waals surface area contributed by atoms with Crippen molar-refractivity contribution in [1.82, 2.24) is 4.57 Å². The molecule has 0 spiro atoms. The summed E-state index contributed by atoms with van der Waals surface area (Å²) in [6, 6.07) is 2.72. The van der Waals surface area contributed by atoms with Crippen molar-refractivity contribution in [2.45, 2.75) is 32.9 Å². The van der Waals surface area contributed by atoms with E-state index in [0.717, 1.165) is 34.1 Å². The number of esters is 1. The van der Waals surface area contributed by atoms with Crippen LogP contribution in [-0.4, -0.2) is 16.4 Å². The Morgan fingerprint density at radius 1 is 1.27 bits per heavy atom. The van der Waals surface area contributed by atoms with Gasteiger partial charge in [0.15, 0.2) is 4.80 Å². The number of alkyl halides is 3. The predicted octanol–water partition coefficient (Wildman–Crippen LogP) is 4.82. The molecule has 10 heteroatoms. The second-order valence-corrected chi connectivity index (χ2v) is 6.29. The van der Waals surface area contributed by atoms with Crippen LogP contribution in [0.2, 0.25) is 5.02 Å². The van der Waals surface area contributed by atoms with Crippen molar-refractivity contribution in [3.63, 3.8) is 0 Å². The lowest BCUT2D eigenvalue weighted by molar-refractivity contribution is -0.137. The molecule has 1 aromatic heterocycles. The Balaban J connectivity index is 2.61. The van der Waals surface area contributed by atoms with Gasteiger partial charge in [0.25, 0.3) is 0 Å². The number of thiazole rings is 1. The molecule has 0 aliphatic rings. The summed E-state index contributed by atoms with van der Waals surface area (Å²) in [5, 5.41) is 1.38. The molecule has 5 nitrogen and oxygen atoms in total. The molecule has 2 rings (SSSR count). The number of carbonyl (C=O) groups is 2. The van der Waals surface area contributed by atoms with Crippen LogP contribution in [-0.2, 0) is 11.0 Å². The monoisotopic (exact) mass is 406 g/mol. The van der Waals surface area contributed by atoms with Crippen molar-refractivity contribution >= 4 is 40.5 Å². The van der Waals surface area contributed by atoms with Crippen LogP contribution in [0.15, 0.2) is 28.6 Å². The summed E-state index contributed by atoms with van der Waals surface area (Å²) in [7, 11) is 0. The second-order valence-electron chi connectivity index (χ2n) is 5.04. The fraction of sp³-hybridized carbons (Fsp3) is 0.312. The molecule has 2 aromatic rings. The van der Waals surface area contributed by atoms with Gasteiger partial charge in [-0.05, 0) is 18.2 Å². The maximum absolute atomic E-state index is 12.9. The van der Waals surface area contributed by atoms with Gasteiger partial charge < -0.3 is 4.74 Å². The Kier molecular flexibility index (Phi) is 6.25. The minimum atomic E-state index is -4.55. The highest BCUT2D eigenvalue weighted by Gasteiger charge is 2.31. The number of hydrogen-bond donors (Lipinski definition) is 0. The molecule has 0 aliphatic heterocycles. The Morgan fingerprint density at radius 3 is 2.54 bits per heavy atom. The van der Waals surface area contributed by atoms with Gasteiger partial charge in [0.2, 0.25) is 11.8 Å². The van der Waals surface area contributed by atoms with E-state index in [-0.39, 0.29) is 34.2 Å². The van der Waals surface area contributed by atoms with Crippen molar-refractivity contribution in [3.8, 4) is 5.88 Å². The van der Waals surface area contributed by atoms with Crippen LogP contribution in [0.1, 0.15) is 37.0 Å². The van der Waals surface area contributed by atoms with Crippen LogP contribution in [0.3, 0.4) is 0 Å². The molecule has 0 aliphatic carbocycles. The summed E-state index contributed by atoms with van der Waals surface area (Å²) < 4.78 is 44.8. The van der Waals surface area contributed by atoms with Crippen molar-refractivity contribution in [1.29, 1.82) is 0 Å². The molecule has 0 fully saturated rings. The summed E-state index contributed by atoms with van der Waals surface area (Å²) in [6.07, 6.45) is -4.37. The van der Waals surface area contributed by atoms with E-state index in [2.05, 4.69) is 4.99 Å². The average molecular weight is 407 g/mol. The highest BCUT2D eigenvalue weighted by Crippen LogP contribution is 2.35. The first-order valence-electron chi connectivity index (χ1n) is 7.53. The number of nitrogens with zero attached hydrogens (tertiary/aromatic N) is 2. The quantitative estimate of drug-likeness (QED) is 0.684. The zero-order valence-electron chi connectivity index (χ0n) is 13.8. The van der Waals surface area contributed by atoms with Gasteiger partial charge in [-0.3, -0.25) is 9.59 Å². The van der Waals surface area contributed by atoms with E-state index < -0.39 is 23.6 Å². The van der Waals surface area contributed by atoms with E-state index in [0.29, 0.717) is 0 Å². The number of hydrogen-bond acceptors (Lipinski definition) is 5. The number of carbonyl (C=O) groups excluding carboxylic acids is 2. The lowest BCUT2D eigenvalue weighted by Gasteiger charge is -2.08. The number of ether oxygens (including phenoxy) is 1. The van der Waals surface area contributed by atoms with Gasteiger partial charge in [-0.1, -0.05) is 25.4 Å². The molecule has 1 aromatic carbocycles. The first-order valence-corrected chi connectivity index (χ1v) is 8.79. The van der Waals surface area contributed by atoms with Crippen molar-refractivity contribution < 1.29 is 27.5 Å². The largest absolute Gasteiger partial charge is 0.416 e. The van der Waals surface area contributed by atoms with E-state index in [9.17, 15) is 22.8 Å². The van der Waals surface area contributed by atoms with E-state index >= 15 is 0 Å². The highest BCUT2D eigenvalue weighted by molar-refractivity contribution is 7.07. The topological polar surface area (TPSA) is 60.7 Å². The summed E-state index contributed by atoms with van der Waals surface area (Å²) in [6.45, 7) is 3.19. The van der Waals surface area contributed by atoms with Gasteiger partial charge >= 0.3 is 12.1 Å². The first-order chi connectivity index (χ1) is 12.2. The molecule has 0 unspecified atom stereocenters. The molecular weight excluding hydrogens is 393 g/mol. The molecule has 0 N–H and O–H groups in total. The normalized spacial score (nSPS) is 12.3. The smallest absolute Gasteiger partial charge is 0.408 e. The highest BCUT2D eigenvalue weighted by atomic mass is 35.5. The molecule has 0 saturated carbocycles. The average Bonchev–Trinajstić information content (AvgIpc) is 2.97. The third-order valence-electron chi connectivity index (χ3n) is 3.23. The molecular formula is C16H14ClF3N2O3S. The van der Waals surface area contributed by atoms with Gasteiger partial charge in [0, 0.05) is 12.8 Å². The second kappa shape index (κ2) is 8.05. The summed E-state index contributed by atoms with van der Waals surface area (Å²) in [5.74, 6) is -1.01. The molecule has 0 saturated heterocycles. The third kappa shape index (κ3) is 4.53. The summed E-state index contributed by atoms with van der Waals surface area (Å²) >= 11 is 6.89. The fourth-order valence-electron chi connectivity index (χ4n) is 1.90. The Bertz CT molecular complexity index is 903. The third-order valence-corrected chi connectivity index (χ3v) is 4.35. The summed E-state index contributed by atoms with van der Waals surface area (Å²) in [4.78, 5) is 27.8. The van der Waals surface area contributed by atoms with Gasteiger partial charge in [0.05, 0.1) is 21.7 Å². The molecule has 0 bridgehead atoms. The van der Waals surface area contributed by atoms with Crippen LogP contribution >= 0.6 is 22.9 Å². The molecule has 0 atom stereocenters. The maximum Gasteiger partial charge on any atom is 0.416 e. The van der Waals surface area contributed by atoms with E-state index in [1.165, 1.54) is 5.38 Å². The number of rotatable bonds is 4. The molecule has 1 heterocycles. The Labute approximate surface area is 155 Å². The molecule has 26 heavy (non-hydrogen) atoms. The lowest BCUT2D eigenvalue weighted by atomic mass is 10.2. The van der Waals surface area contributed by atoms with Gasteiger partial charge in [-0.15, -0.1) is 11.3 Å². The zero-order chi connectivity index (χ0) is 19.5. The lowest BCUT2D eigenvalue weighted by Crippen LogP contribution is -2.24. The van der Waals surface area contributed by atoms with E-state index in [4.69, 9.17) is 16.3 Å². The van der Waals surface area contributed by atoms with Gasteiger partial charge in [0.1, 0.15) is 0 Å².